The standard InChI is InChI=1S/C23H36N2O3/c1-4-24(5-2)20-11-16-28-23(18-20)12-14-25(15-13-23)22(26)10-9-19-7-6-8-21(17-19)27-3/h6-8,17,20H,4-5,9-16,18H2,1-3H3. The van der Waals surface area contributed by atoms with Crippen LogP contribution in [0.1, 0.15) is 51.5 Å². The van der Waals surface area contributed by atoms with Gasteiger partial charge in [0.2, 0.25) is 5.91 Å². The molecule has 1 aromatic rings. The monoisotopic (exact) mass is 388 g/mol. The van der Waals surface area contributed by atoms with Crippen molar-refractivity contribution in [2.75, 3.05) is 39.9 Å². The fourth-order valence-corrected chi connectivity index (χ4v) is 4.80. The van der Waals surface area contributed by atoms with E-state index in [4.69, 9.17) is 9.47 Å². The zero-order valence-corrected chi connectivity index (χ0v) is 17.8. The summed E-state index contributed by atoms with van der Waals surface area (Å²) in [6.45, 7) is 9.19. The third-order valence-corrected chi connectivity index (χ3v) is 6.58. The van der Waals surface area contributed by atoms with E-state index in [9.17, 15) is 4.79 Å². The number of piperidine rings is 1. The van der Waals surface area contributed by atoms with Crippen molar-refractivity contribution in [3.05, 3.63) is 29.8 Å². The van der Waals surface area contributed by atoms with Crippen molar-refractivity contribution >= 4 is 5.91 Å². The number of ether oxygens (including phenoxy) is 2. The Labute approximate surface area is 170 Å². The lowest BCUT2D eigenvalue weighted by molar-refractivity contribution is -0.149. The minimum atomic E-state index is -0.0188. The molecule has 1 atom stereocenters. The van der Waals surface area contributed by atoms with Crippen LogP contribution >= 0.6 is 0 Å². The van der Waals surface area contributed by atoms with E-state index in [-0.39, 0.29) is 11.5 Å². The molecule has 1 amide bonds. The average Bonchev–Trinajstić information content (AvgIpc) is 2.74. The summed E-state index contributed by atoms with van der Waals surface area (Å²) >= 11 is 0. The van der Waals surface area contributed by atoms with E-state index in [1.54, 1.807) is 7.11 Å². The summed E-state index contributed by atoms with van der Waals surface area (Å²) in [7, 11) is 1.67. The highest BCUT2D eigenvalue weighted by molar-refractivity contribution is 5.76. The average molecular weight is 389 g/mol. The molecule has 5 heteroatoms. The molecular formula is C23H36N2O3. The van der Waals surface area contributed by atoms with Crippen LogP contribution in [0.4, 0.5) is 0 Å². The van der Waals surface area contributed by atoms with E-state index in [0.717, 1.165) is 76.2 Å². The Kier molecular flexibility index (Phi) is 7.36. The third-order valence-electron chi connectivity index (χ3n) is 6.58. The van der Waals surface area contributed by atoms with Crippen LogP contribution < -0.4 is 4.74 Å². The van der Waals surface area contributed by atoms with E-state index in [0.29, 0.717) is 12.5 Å². The number of methoxy groups -OCH3 is 1. The summed E-state index contributed by atoms with van der Waals surface area (Å²) in [6, 6.07) is 8.62. The normalized spacial score (nSPS) is 21.9. The van der Waals surface area contributed by atoms with Gasteiger partial charge in [-0.15, -0.1) is 0 Å². The maximum absolute atomic E-state index is 12.7. The molecule has 5 nitrogen and oxygen atoms in total. The van der Waals surface area contributed by atoms with Crippen molar-refractivity contribution in [1.29, 1.82) is 0 Å². The Hall–Kier alpha value is -1.59. The van der Waals surface area contributed by atoms with Crippen LogP contribution in [0, 0.1) is 0 Å². The Balaban J connectivity index is 1.49. The second kappa shape index (κ2) is 9.75. The van der Waals surface area contributed by atoms with E-state index < -0.39 is 0 Å². The molecule has 156 valence electrons. The van der Waals surface area contributed by atoms with Crippen LogP contribution in [0.25, 0.3) is 0 Å². The summed E-state index contributed by atoms with van der Waals surface area (Å²) < 4.78 is 11.6. The molecule has 0 aliphatic carbocycles. The van der Waals surface area contributed by atoms with Crippen LogP contribution in [-0.4, -0.2) is 67.2 Å². The highest BCUT2D eigenvalue weighted by atomic mass is 16.5. The zero-order chi connectivity index (χ0) is 20.0. The van der Waals surface area contributed by atoms with Crippen molar-refractivity contribution < 1.29 is 14.3 Å². The van der Waals surface area contributed by atoms with Crippen LogP contribution in [-0.2, 0) is 16.0 Å². The number of nitrogens with zero attached hydrogens (tertiary/aromatic N) is 2. The topological polar surface area (TPSA) is 42.0 Å². The van der Waals surface area contributed by atoms with Crippen molar-refractivity contribution in [3.8, 4) is 5.75 Å². The highest BCUT2D eigenvalue weighted by Crippen LogP contribution is 2.36. The van der Waals surface area contributed by atoms with Gasteiger partial charge in [-0.25, -0.2) is 0 Å². The molecule has 1 unspecified atom stereocenters. The second-order valence-electron chi connectivity index (χ2n) is 8.13. The van der Waals surface area contributed by atoms with Crippen LogP contribution in [0.15, 0.2) is 24.3 Å². The smallest absolute Gasteiger partial charge is 0.222 e. The lowest BCUT2D eigenvalue weighted by atomic mass is 9.81. The SMILES string of the molecule is CCN(CC)C1CCOC2(CCN(C(=O)CCc3cccc(OC)c3)CC2)C1. The van der Waals surface area contributed by atoms with Gasteiger partial charge in [0.05, 0.1) is 12.7 Å². The number of hydrogen-bond acceptors (Lipinski definition) is 4. The van der Waals surface area contributed by atoms with Gasteiger partial charge in [0.1, 0.15) is 5.75 Å². The molecule has 1 aromatic carbocycles. The molecule has 2 aliphatic rings. The minimum absolute atomic E-state index is 0.0188. The summed E-state index contributed by atoms with van der Waals surface area (Å²) in [5.41, 5.74) is 1.13. The quantitative estimate of drug-likeness (QED) is 0.717. The van der Waals surface area contributed by atoms with Gasteiger partial charge in [0.25, 0.3) is 0 Å². The lowest BCUT2D eigenvalue weighted by Gasteiger charge is -2.48. The number of likely N-dealkylation sites (tertiary alicyclic amines) is 1. The largest absolute Gasteiger partial charge is 0.497 e. The molecule has 0 saturated carbocycles. The maximum atomic E-state index is 12.7. The molecule has 2 heterocycles. The molecule has 28 heavy (non-hydrogen) atoms. The van der Waals surface area contributed by atoms with E-state index in [1.165, 1.54) is 0 Å². The molecule has 0 aromatic heterocycles. The maximum Gasteiger partial charge on any atom is 0.222 e. The predicted octanol–water partition coefficient (Wildman–Crippen LogP) is 3.51. The lowest BCUT2D eigenvalue weighted by Crippen LogP contribution is -2.54. The van der Waals surface area contributed by atoms with Gasteiger partial charge in [-0.1, -0.05) is 26.0 Å². The first kappa shape index (κ1) is 21.1. The number of amides is 1. The number of carbonyl (C=O) groups excluding carboxylic acids is 1. The first-order valence-electron chi connectivity index (χ1n) is 10.9. The molecule has 2 aliphatic heterocycles. The van der Waals surface area contributed by atoms with Gasteiger partial charge in [0.15, 0.2) is 0 Å². The van der Waals surface area contributed by atoms with Crippen molar-refractivity contribution in [3.63, 3.8) is 0 Å². The van der Waals surface area contributed by atoms with Gasteiger partial charge in [-0.2, -0.15) is 0 Å². The third kappa shape index (κ3) is 5.06. The highest BCUT2D eigenvalue weighted by Gasteiger charge is 2.42. The van der Waals surface area contributed by atoms with Gasteiger partial charge in [-0.05, 0) is 62.9 Å². The molecular weight excluding hydrogens is 352 g/mol. The zero-order valence-electron chi connectivity index (χ0n) is 17.8. The number of rotatable bonds is 7. The molecule has 3 rings (SSSR count). The van der Waals surface area contributed by atoms with Gasteiger partial charge in [-0.3, -0.25) is 4.79 Å². The minimum Gasteiger partial charge on any atom is -0.497 e. The second-order valence-corrected chi connectivity index (χ2v) is 8.13. The van der Waals surface area contributed by atoms with Crippen LogP contribution in [0.5, 0.6) is 5.75 Å². The first-order chi connectivity index (χ1) is 13.6. The molecule has 2 saturated heterocycles. The van der Waals surface area contributed by atoms with Crippen molar-refractivity contribution in [2.45, 2.75) is 64.0 Å². The number of hydrogen-bond donors (Lipinski definition) is 0. The van der Waals surface area contributed by atoms with Crippen molar-refractivity contribution in [2.24, 2.45) is 0 Å². The number of benzene rings is 1. The molecule has 0 bridgehead atoms. The number of carbonyl (C=O) groups is 1. The first-order valence-corrected chi connectivity index (χ1v) is 10.9. The summed E-state index contributed by atoms with van der Waals surface area (Å²) in [5, 5.41) is 0. The molecule has 0 N–H and O–H groups in total. The van der Waals surface area contributed by atoms with Gasteiger partial charge in [0, 0.05) is 32.2 Å². The molecule has 0 radical (unpaired) electrons. The van der Waals surface area contributed by atoms with Gasteiger partial charge >= 0.3 is 0 Å². The molecule has 2 fully saturated rings. The van der Waals surface area contributed by atoms with Crippen molar-refractivity contribution in [1.82, 2.24) is 9.80 Å². The van der Waals surface area contributed by atoms with E-state index in [2.05, 4.69) is 24.8 Å². The fourth-order valence-electron chi connectivity index (χ4n) is 4.80. The van der Waals surface area contributed by atoms with Crippen LogP contribution in [0.2, 0.25) is 0 Å². The summed E-state index contributed by atoms with van der Waals surface area (Å²) in [6.07, 6.45) is 5.50. The summed E-state index contributed by atoms with van der Waals surface area (Å²) in [4.78, 5) is 17.3. The number of aryl methyl sites for hydroxylation is 1. The Morgan fingerprint density at radius 2 is 2.04 bits per heavy atom. The summed E-state index contributed by atoms with van der Waals surface area (Å²) in [5.74, 6) is 1.11. The Bertz CT molecular complexity index is 636. The van der Waals surface area contributed by atoms with E-state index in [1.807, 2.05) is 23.1 Å². The Morgan fingerprint density at radius 1 is 1.29 bits per heavy atom. The predicted molar refractivity (Wildman–Crippen MR) is 112 cm³/mol. The van der Waals surface area contributed by atoms with E-state index >= 15 is 0 Å². The van der Waals surface area contributed by atoms with Gasteiger partial charge < -0.3 is 19.3 Å². The van der Waals surface area contributed by atoms with Crippen LogP contribution in [0.3, 0.4) is 0 Å². The fraction of sp³-hybridized carbons (Fsp3) is 0.696. The molecule has 1 spiro atoms. The Morgan fingerprint density at radius 3 is 2.71 bits per heavy atom.